The fraction of sp³-hybridized carbons (Fsp3) is 0.435. The second-order valence-corrected chi connectivity index (χ2v) is 10.2. The number of piperazine rings is 1. The number of sulfonamides is 1. The summed E-state index contributed by atoms with van der Waals surface area (Å²) in [7, 11) is -1.64. The Labute approximate surface area is 179 Å². The molecule has 6 nitrogen and oxygen atoms in total. The number of rotatable bonds is 5. The molecule has 3 rings (SSSR count). The number of amides is 1. The molecule has 0 aliphatic carbocycles. The lowest BCUT2D eigenvalue weighted by molar-refractivity contribution is 0.0939. The number of nitrogens with zero attached hydrogens (tertiary/aromatic N) is 2. The van der Waals surface area contributed by atoms with E-state index in [4.69, 9.17) is 0 Å². The summed E-state index contributed by atoms with van der Waals surface area (Å²) in [5, 5.41) is 3.01. The van der Waals surface area contributed by atoms with E-state index in [9.17, 15) is 13.2 Å². The lowest BCUT2D eigenvalue weighted by Gasteiger charge is -2.31. The van der Waals surface area contributed by atoms with Crippen molar-refractivity contribution in [3.05, 3.63) is 64.2 Å². The molecule has 0 spiro atoms. The molecule has 2 aromatic rings. The van der Waals surface area contributed by atoms with Gasteiger partial charge in [-0.3, -0.25) is 4.79 Å². The molecule has 1 heterocycles. The molecule has 1 aliphatic heterocycles. The Morgan fingerprint density at radius 1 is 0.933 bits per heavy atom. The third-order valence-electron chi connectivity index (χ3n) is 5.93. The molecule has 1 unspecified atom stereocenters. The van der Waals surface area contributed by atoms with Crippen molar-refractivity contribution < 1.29 is 13.2 Å². The number of hydrogen-bond donors (Lipinski definition) is 1. The van der Waals surface area contributed by atoms with Crippen LogP contribution < -0.4 is 5.32 Å². The van der Waals surface area contributed by atoms with E-state index >= 15 is 0 Å². The Hall–Kier alpha value is -2.22. The monoisotopic (exact) mass is 429 g/mol. The normalized spacial score (nSPS) is 17.0. The number of nitrogens with one attached hydrogen (secondary N) is 1. The lowest BCUT2D eigenvalue weighted by Crippen LogP contribution is -2.47. The number of likely N-dealkylation sites (N-methyl/N-ethyl adjacent to an activating group) is 1. The molecule has 1 aliphatic rings. The molecule has 1 saturated heterocycles. The molecule has 0 radical (unpaired) electrons. The molecule has 7 heteroatoms. The highest BCUT2D eigenvalue weighted by Gasteiger charge is 2.28. The van der Waals surface area contributed by atoms with Gasteiger partial charge in [0.2, 0.25) is 10.0 Å². The first kappa shape index (κ1) is 22.5. The Morgan fingerprint density at radius 2 is 1.57 bits per heavy atom. The summed E-state index contributed by atoms with van der Waals surface area (Å²) in [4.78, 5) is 15.2. The Balaban J connectivity index is 1.82. The van der Waals surface area contributed by atoms with Gasteiger partial charge in [0.25, 0.3) is 5.91 Å². The van der Waals surface area contributed by atoms with Crippen molar-refractivity contribution in [2.75, 3.05) is 33.2 Å². The van der Waals surface area contributed by atoms with E-state index in [0.717, 1.165) is 11.1 Å². The van der Waals surface area contributed by atoms with Crippen LogP contribution in [0.5, 0.6) is 0 Å². The first-order chi connectivity index (χ1) is 14.1. The van der Waals surface area contributed by atoms with E-state index < -0.39 is 10.0 Å². The lowest BCUT2D eigenvalue weighted by atomic mass is 10.0. The molecular formula is C23H31N3O3S. The van der Waals surface area contributed by atoms with Gasteiger partial charge in [-0.15, -0.1) is 0 Å². The molecule has 30 heavy (non-hydrogen) atoms. The van der Waals surface area contributed by atoms with Crippen molar-refractivity contribution in [2.24, 2.45) is 0 Å². The van der Waals surface area contributed by atoms with E-state index in [0.29, 0.717) is 31.7 Å². The number of carbonyl (C=O) groups is 1. The molecule has 1 atom stereocenters. The van der Waals surface area contributed by atoms with Crippen LogP contribution in [-0.2, 0) is 10.0 Å². The van der Waals surface area contributed by atoms with Gasteiger partial charge >= 0.3 is 0 Å². The molecule has 0 bridgehead atoms. The fourth-order valence-electron chi connectivity index (χ4n) is 3.58. The smallest absolute Gasteiger partial charge is 0.252 e. The third-order valence-corrected chi connectivity index (χ3v) is 7.83. The predicted molar refractivity (Wildman–Crippen MR) is 119 cm³/mol. The van der Waals surface area contributed by atoms with Crippen molar-refractivity contribution >= 4 is 15.9 Å². The maximum absolute atomic E-state index is 13.1. The topological polar surface area (TPSA) is 69.7 Å². The van der Waals surface area contributed by atoms with E-state index in [1.54, 1.807) is 12.1 Å². The molecule has 1 N–H and O–H groups in total. The van der Waals surface area contributed by atoms with Gasteiger partial charge < -0.3 is 10.2 Å². The summed E-state index contributed by atoms with van der Waals surface area (Å²) in [6.07, 6.45) is 0. The third kappa shape index (κ3) is 4.74. The van der Waals surface area contributed by atoms with Gasteiger partial charge in [0.05, 0.1) is 10.9 Å². The summed E-state index contributed by atoms with van der Waals surface area (Å²) in [6, 6.07) is 10.7. The van der Waals surface area contributed by atoms with Crippen molar-refractivity contribution in [1.82, 2.24) is 14.5 Å². The summed E-state index contributed by atoms with van der Waals surface area (Å²) in [5.41, 5.74) is 4.53. The SMILES string of the molecule is Cc1ccc(C(C)NC(=O)c2cc(S(=O)(=O)N3CCN(C)CC3)ccc2C)cc1C. The summed E-state index contributed by atoms with van der Waals surface area (Å²) < 4.78 is 27.6. The maximum Gasteiger partial charge on any atom is 0.252 e. The average Bonchev–Trinajstić information content (AvgIpc) is 2.70. The van der Waals surface area contributed by atoms with Gasteiger partial charge in [-0.25, -0.2) is 8.42 Å². The Morgan fingerprint density at radius 3 is 2.20 bits per heavy atom. The quantitative estimate of drug-likeness (QED) is 0.793. The second kappa shape index (κ2) is 8.88. The van der Waals surface area contributed by atoms with Gasteiger partial charge in [-0.1, -0.05) is 24.3 Å². The Kier molecular flexibility index (Phi) is 6.65. The molecule has 0 aromatic heterocycles. The first-order valence-electron chi connectivity index (χ1n) is 10.3. The molecule has 1 amide bonds. The van der Waals surface area contributed by atoms with E-state index in [1.165, 1.54) is 21.5 Å². The van der Waals surface area contributed by atoms with Crippen LogP contribution in [0.25, 0.3) is 0 Å². The minimum absolute atomic E-state index is 0.168. The van der Waals surface area contributed by atoms with Crippen LogP contribution in [0.15, 0.2) is 41.3 Å². The minimum atomic E-state index is -3.62. The van der Waals surface area contributed by atoms with Crippen molar-refractivity contribution in [3.63, 3.8) is 0 Å². The number of carbonyl (C=O) groups excluding carboxylic acids is 1. The number of aryl methyl sites for hydroxylation is 3. The molecule has 0 saturated carbocycles. The largest absolute Gasteiger partial charge is 0.346 e. The average molecular weight is 430 g/mol. The van der Waals surface area contributed by atoms with Crippen LogP contribution >= 0.6 is 0 Å². The van der Waals surface area contributed by atoms with Crippen LogP contribution in [0.3, 0.4) is 0 Å². The zero-order valence-electron chi connectivity index (χ0n) is 18.4. The van der Waals surface area contributed by atoms with E-state index in [-0.39, 0.29) is 16.8 Å². The summed E-state index contributed by atoms with van der Waals surface area (Å²) >= 11 is 0. The zero-order chi connectivity index (χ0) is 22.1. The van der Waals surface area contributed by atoms with Gasteiger partial charge in [0.1, 0.15) is 0 Å². The van der Waals surface area contributed by atoms with E-state index in [1.807, 2.05) is 40.0 Å². The molecule has 162 valence electrons. The molecular weight excluding hydrogens is 398 g/mol. The highest BCUT2D eigenvalue weighted by atomic mass is 32.2. The van der Waals surface area contributed by atoms with Crippen LogP contribution in [0.1, 0.15) is 45.6 Å². The van der Waals surface area contributed by atoms with E-state index in [2.05, 4.69) is 23.2 Å². The first-order valence-corrected chi connectivity index (χ1v) is 11.7. The standard InChI is InChI=1S/C23H31N3O3S/c1-16-6-8-20(14-18(16)3)19(4)24-23(27)22-15-21(9-7-17(22)2)30(28,29)26-12-10-25(5)11-13-26/h6-9,14-15,19H,10-13H2,1-5H3,(H,24,27). The van der Waals surface area contributed by atoms with Gasteiger partial charge in [0.15, 0.2) is 0 Å². The van der Waals surface area contributed by atoms with Crippen LogP contribution in [-0.4, -0.2) is 56.8 Å². The van der Waals surface area contributed by atoms with Crippen LogP contribution in [0.4, 0.5) is 0 Å². The van der Waals surface area contributed by atoms with Crippen LogP contribution in [0, 0.1) is 20.8 Å². The molecule has 1 fully saturated rings. The van der Waals surface area contributed by atoms with Crippen molar-refractivity contribution in [1.29, 1.82) is 0 Å². The van der Waals surface area contributed by atoms with Crippen LogP contribution in [0.2, 0.25) is 0 Å². The zero-order valence-corrected chi connectivity index (χ0v) is 19.2. The van der Waals surface area contributed by atoms with Gasteiger partial charge in [0, 0.05) is 31.7 Å². The summed E-state index contributed by atoms with van der Waals surface area (Å²) in [6.45, 7) is 10.2. The number of benzene rings is 2. The molecule has 2 aromatic carbocycles. The highest BCUT2D eigenvalue weighted by molar-refractivity contribution is 7.89. The predicted octanol–water partition coefficient (Wildman–Crippen LogP) is 3.04. The number of hydrogen-bond acceptors (Lipinski definition) is 4. The van der Waals surface area contributed by atoms with Gasteiger partial charge in [-0.2, -0.15) is 4.31 Å². The fourth-order valence-corrected chi connectivity index (χ4v) is 5.02. The Bertz CT molecular complexity index is 1040. The highest BCUT2D eigenvalue weighted by Crippen LogP contribution is 2.22. The second-order valence-electron chi connectivity index (χ2n) is 8.22. The van der Waals surface area contributed by atoms with Crippen molar-refractivity contribution in [3.8, 4) is 0 Å². The summed E-state index contributed by atoms with van der Waals surface area (Å²) in [5.74, 6) is -0.270. The maximum atomic E-state index is 13.1. The van der Waals surface area contributed by atoms with Gasteiger partial charge in [-0.05, 0) is 69.1 Å². The van der Waals surface area contributed by atoms with Crippen molar-refractivity contribution in [2.45, 2.75) is 38.6 Å². The minimum Gasteiger partial charge on any atom is -0.346 e.